The van der Waals surface area contributed by atoms with Gasteiger partial charge in [0.1, 0.15) is 0 Å². The molecule has 0 saturated heterocycles. The molecule has 84 valence electrons. The van der Waals surface area contributed by atoms with Crippen molar-refractivity contribution in [3.8, 4) is 0 Å². The van der Waals surface area contributed by atoms with E-state index in [-0.39, 0.29) is 10.8 Å². The largest absolute Gasteiger partial charge is 0.261 e. The van der Waals surface area contributed by atoms with Gasteiger partial charge in [0.05, 0.1) is 4.90 Å². The summed E-state index contributed by atoms with van der Waals surface area (Å²) in [4.78, 5) is 0.106. The van der Waals surface area contributed by atoms with Crippen molar-refractivity contribution >= 4 is 31.3 Å². The second-order valence-electron chi connectivity index (χ2n) is 3.74. The Balaban J connectivity index is 3.50. The third-order valence-electron chi connectivity index (χ3n) is 2.16. The van der Waals surface area contributed by atoms with Crippen LogP contribution >= 0.6 is 22.3 Å². The molecule has 0 amide bonds. The summed E-state index contributed by atoms with van der Waals surface area (Å²) >= 11 is 6.07. The van der Waals surface area contributed by atoms with Crippen molar-refractivity contribution in [1.29, 1.82) is 0 Å². The van der Waals surface area contributed by atoms with Gasteiger partial charge in [-0.05, 0) is 36.1 Å². The molecular weight excluding hydrogens is 255 g/mol. The third-order valence-corrected chi connectivity index (χ3v) is 4.01. The second-order valence-corrected chi connectivity index (χ2v) is 6.68. The lowest BCUT2D eigenvalue weighted by molar-refractivity contribution is 0.609. The van der Waals surface area contributed by atoms with Crippen molar-refractivity contribution in [2.24, 2.45) is 0 Å². The van der Waals surface area contributed by atoms with Crippen LogP contribution in [0.2, 0.25) is 5.02 Å². The van der Waals surface area contributed by atoms with Crippen molar-refractivity contribution in [2.75, 3.05) is 0 Å². The van der Waals surface area contributed by atoms with Crippen molar-refractivity contribution in [3.63, 3.8) is 0 Å². The second kappa shape index (κ2) is 4.32. The maximum absolute atomic E-state index is 11.2. The van der Waals surface area contributed by atoms with Crippen molar-refractivity contribution in [3.05, 3.63) is 28.3 Å². The van der Waals surface area contributed by atoms with Crippen molar-refractivity contribution < 1.29 is 8.42 Å². The van der Waals surface area contributed by atoms with Crippen LogP contribution in [0.15, 0.2) is 17.0 Å². The van der Waals surface area contributed by atoms with E-state index in [1.54, 1.807) is 6.92 Å². The smallest absolute Gasteiger partial charge is 0.207 e. The highest BCUT2D eigenvalue weighted by molar-refractivity contribution is 8.13. The average Bonchev–Trinajstić information content (AvgIpc) is 2.06. The molecule has 1 aromatic carbocycles. The molecule has 1 aromatic rings. The van der Waals surface area contributed by atoms with Crippen LogP contribution in [0.3, 0.4) is 0 Å². The zero-order valence-electron chi connectivity index (χ0n) is 8.71. The van der Waals surface area contributed by atoms with Crippen molar-refractivity contribution in [2.45, 2.75) is 31.6 Å². The molecule has 0 atom stereocenters. The van der Waals surface area contributed by atoms with E-state index in [9.17, 15) is 8.42 Å². The molecule has 0 N–H and O–H groups in total. The maximum atomic E-state index is 11.2. The van der Waals surface area contributed by atoms with Gasteiger partial charge in [-0.2, -0.15) is 0 Å². The van der Waals surface area contributed by atoms with Gasteiger partial charge in [0.25, 0.3) is 9.05 Å². The van der Waals surface area contributed by atoms with Gasteiger partial charge in [-0.15, -0.1) is 0 Å². The van der Waals surface area contributed by atoms with Gasteiger partial charge in [-0.25, -0.2) is 8.42 Å². The summed E-state index contributed by atoms with van der Waals surface area (Å²) in [7, 11) is 1.60. The molecule has 5 heteroatoms. The molecule has 0 aliphatic carbocycles. The fraction of sp³-hybridized carbons (Fsp3) is 0.400. The fourth-order valence-electron chi connectivity index (χ4n) is 1.32. The summed E-state index contributed by atoms with van der Waals surface area (Å²) < 4.78 is 22.4. The minimum absolute atomic E-state index is 0.106. The maximum Gasteiger partial charge on any atom is 0.261 e. The highest BCUT2D eigenvalue weighted by Gasteiger charge is 2.16. The van der Waals surface area contributed by atoms with Gasteiger partial charge in [0.2, 0.25) is 0 Å². The normalized spacial score (nSPS) is 12.1. The number of benzene rings is 1. The molecule has 15 heavy (non-hydrogen) atoms. The van der Waals surface area contributed by atoms with E-state index in [0.717, 1.165) is 11.1 Å². The molecule has 0 unspecified atom stereocenters. The summed E-state index contributed by atoms with van der Waals surface area (Å²) in [6, 6.07) is 3.01. The summed E-state index contributed by atoms with van der Waals surface area (Å²) in [5.41, 5.74) is 1.53. The molecule has 2 nitrogen and oxygen atoms in total. The lowest BCUT2D eigenvalue weighted by atomic mass is 10.0. The van der Waals surface area contributed by atoms with Crippen LogP contribution < -0.4 is 0 Å². The summed E-state index contributed by atoms with van der Waals surface area (Å²) in [5.74, 6) is 0.162. The van der Waals surface area contributed by atoms with E-state index >= 15 is 0 Å². The van der Waals surface area contributed by atoms with Gasteiger partial charge in [-0.1, -0.05) is 25.4 Å². The molecular formula is C10H12Cl2O2S. The molecule has 0 fully saturated rings. The van der Waals surface area contributed by atoms with Crippen LogP contribution in [0.5, 0.6) is 0 Å². The standard InChI is InChI=1S/C10H12Cl2O2S/c1-6(2)9-5-8(15(12,13)14)4-7(3)10(9)11/h4-6H,1-3H3. The fourth-order valence-corrected chi connectivity index (χ4v) is 2.50. The van der Waals surface area contributed by atoms with E-state index in [1.165, 1.54) is 12.1 Å². The Hall–Kier alpha value is -0.250. The Labute approximate surface area is 99.6 Å². The van der Waals surface area contributed by atoms with Gasteiger partial charge in [0.15, 0.2) is 0 Å². The zero-order chi connectivity index (χ0) is 11.8. The predicted molar refractivity (Wildman–Crippen MR) is 63.3 cm³/mol. The summed E-state index contributed by atoms with van der Waals surface area (Å²) in [5, 5.41) is 0.606. The monoisotopic (exact) mass is 266 g/mol. The molecule has 0 spiro atoms. The van der Waals surface area contributed by atoms with Gasteiger partial charge >= 0.3 is 0 Å². The summed E-state index contributed by atoms with van der Waals surface area (Å²) in [6.45, 7) is 5.66. The number of halogens is 2. The zero-order valence-corrected chi connectivity index (χ0v) is 11.0. The highest BCUT2D eigenvalue weighted by atomic mass is 35.7. The van der Waals surface area contributed by atoms with E-state index < -0.39 is 9.05 Å². The van der Waals surface area contributed by atoms with Gasteiger partial charge in [-0.3, -0.25) is 0 Å². The Bertz CT molecular complexity index is 478. The van der Waals surface area contributed by atoms with Crippen molar-refractivity contribution in [1.82, 2.24) is 0 Å². The topological polar surface area (TPSA) is 34.1 Å². The minimum Gasteiger partial charge on any atom is -0.207 e. The number of rotatable bonds is 2. The van der Waals surface area contributed by atoms with E-state index in [2.05, 4.69) is 0 Å². The van der Waals surface area contributed by atoms with E-state index in [0.29, 0.717) is 5.02 Å². The van der Waals surface area contributed by atoms with E-state index in [4.69, 9.17) is 22.3 Å². The Morgan fingerprint density at radius 1 is 1.27 bits per heavy atom. The van der Waals surface area contributed by atoms with E-state index in [1.807, 2.05) is 13.8 Å². The van der Waals surface area contributed by atoms with Gasteiger partial charge < -0.3 is 0 Å². The van der Waals surface area contributed by atoms with Crippen LogP contribution in [0.25, 0.3) is 0 Å². The first-order valence-corrected chi connectivity index (χ1v) is 7.17. The van der Waals surface area contributed by atoms with Crippen LogP contribution in [-0.4, -0.2) is 8.42 Å². The molecule has 0 heterocycles. The first-order valence-electron chi connectivity index (χ1n) is 4.48. The summed E-state index contributed by atoms with van der Waals surface area (Å²) in [6.07, 6.45) is 0. The Morgan fingerprint density at radius 2 is 1.80 bits per heavy atom. The molecule has 0 aromatic heterocycles. The van der Waals surface area contributed by atoms with Crippen LogP contribution in [-0.2, 0) is 9.05 Å². The lowest BCUT2D eigenvalue weighted by Crippen LogP contribution is -1.97. The SMILES string of the molecule is Cc1cc(S(=O)(=O)Cl)cc(C(C)C)c1Cl. The van der Waals surface area contributed by atoms with Crippen LogP contribution in [0, 0.1) is 6.92 Å². The van der Waals surface area contributed by atoms with Crippen LogP contribution in [0.4, 0.5) is 0 Å². The Morgan fingerprint density at radius 3 is 2.20 bits per heavy atom. The predicted octanol–water partition coefficient (Wildman–Crippen LogP) is 3.70. The lowest BCUT2D eigenvalue weighted by Gasteiger charge is -2.11. The molecule has 0 bridgehead atoms. The first-order chi connectivity index (χ1) is 6.73. The number of aryl methyl sites for hydroxylation is 1. The number of hydrogen-bond donors (Lipinski definition) is 0. The quantitative estimate of drug-likeness (QED) is 0.765. The average molecular weight is 267 g/mol. The van der Waals surface area contributed by atoms with Crippen LogP contribution in [0.1, 0.15) is 30.9 Å². The minimum atomic E-state index is -3.68. The molecule has 0 radical (unpaired) electrons. The van der Waals surface area contributed by atoms with Gasteiger partial charge in [0, 0.05) is 15.7 Å². The number of hydrogen-bond acceptors (Lipinski definition) is 2. The molecule has 1 rings (SSSR count). The first kappa shape index (κ1) is 12.8. The molecule has 0 saturated carbocycles. The molecule has 0 aliphatic heterocycles. The highest BCUT2D eigenvalue weighted by Crippen LogP contribution is 2.31. The Kier molecular flexibility index (Phi) is 3.69. The third kappa shape index (κ3) is 2.86. The molecule has 0 aliphatic rings.